The summed E-state index contributed by atoms with van der Waals surface area (Å²) in [5, 5.41) is 2.37. The Hall–Kier alpha value is -1.58. The van der Waals surface area contributed by atoms with Crippen molar-refractivity contribution in [1.82, 2.24) is 5.32 Å². The molecule has 0 atom stereocenters. The van der Waals surface area contributed by atoms with E-state index in [9.17, 15) is 9.59 Å². The zero-order chi connectivity index (χ0) is 8.97. The zero-order valence-electron chi connectivity index (χ0n) is 6.66. The Morgan fingerprint density at radius 3 is 2.83 bits per heavy atom. The normalized spacial score (nSPS) is 9.42. The molecular formula is C8H9NO3. The van der Waals surface area contributed by atoms with E-state index in [1.54, 1.807) is 0 Å². The highest BCUT2D eigenvalue weighted by Gasteiger charge is 2.10. The van der Waals surface area contributed by atoms with Crippen LogP contribution in [0, 0.1) is 0 Å². The van der Waals surface area contributed by atoms with Crippen molar-refractivity contribution in [1.29, 1.82) is 0 Å². The lowest BCUT2D eigenvalue weighted by Gasteiger charge is -1.95. The number of hydrogen-bond acceptors (Lipinski definition) is 3. The quantitative estimate of drug-likeness (QED) is 0.529. The first-order valence-electron chi connectivity index (χ1n) is 3.50. The van der Waals surface area contributed by atoms with Gasteiger partial charge in [-0.05, 0) is 6.07 Å². The van der Waals surface area contributed by atoms with Gasteiger partial charge in [0.25, 0.3) is 0 Å². The summed E-state index contributed by atoms with van der Waals surface area (Å²) < 4.78 is 4.70. The Kier molecular flexibility index (Phi) is 2.63. The number of hydrogen-bond donors (Lipinski definition) is 1. The topological polar surface area (TPSA) is 59.3 Å². The summed E-state index contributed by atoms with van der Waals surface area (Å²) in [6, 6.07) is 1.53. The predicted octanol–water partition coefficient (Wildman–Crippen LogP) is 0.598. The molecule has 4 nitrogen and oxygen atoms in total. The number of rotatable bonds is 3. The molecule has 1 aromatic rings. The highest BCUT2D eigenvalue weighted by atomic mass is 16.3. The molecule has 1 N–H and O–H groups in total. The summed E-state index contributed by atoms with van der Waals surface area (Å²) in [4.78, 5) is 21.9. The summed E-state index contributed by atoms with van der Waals surface area (Å²) in [6.07, 6.45) is 2.60. The minimum absolute atomic E-state index is 0.129. The fourth-order valence-electron chi connectivity index (χ4n) is 0.759. The van der Waals surface area contributed by atoms with E-state index in [0.717, 1.165) is 0 Å². The van der Waals surface area contributed by atoms with Crippen LogP contribution in [0.2, 0.25) is 0 Å². The molecule has 0 aromatic carbocycles. The lowest BCUT2D eigenvalue weighted by molar-refractivity contribution is -0.119. The van der Waals surface area contributed by atoms with Crippen molar-refractivity contribution in [3.05, 3.63) is 24.2 Å². The lowest BCUT2D eigenvalue weighted by Crippen LogP contribution is -2.21. The van der Waals surface area contributed by atoms with Gasteiger partial charge in [0.15, 0.2) is 5.78 Å². The van der Waals surface area contributed by atoms with Gasteiger partial charge in [-0.1, -0.05) is 0 Å². The Bertz CT molecular complexity index is 277. The Morgan fingerprint density at radius 1 is 1.58 bits per heavy atom. The molecule has 1 aromatic heterocycles. The summed E-state index contributed by atoms with van der Waals surface area (Å²) in [5.41, 5.74) is 0.429. The molecule has 0 fully saturated rings. The van der Waals surface area contributed by atoms with Crippen molar-refractivity contribution in [2.75, 3.05) is 7.05 Å². The maximum Gasteiger partial charge on any atom is 0.227 e. The van der Waals surface area contributed by atoms with Gasteiger partial charge in [-0.2, -0.15) is 0 Å². The number of carbonyl (C=O) groups is 2. The Morgan fingerprint density at radius 2 is 2.33 bits per heavy atom. The molecule has 1 rings (SSSR count). The maximum atomic E-state index is 11.2. The molecule has 1 amide bonds. The van der Waals surface area contributed by atoms with Crippen molar-refractivity contribution in [3.8, 4) is 0 Å². The van der Waals surface area contributed by atoms with E-state index in [1.165, 1.54) is 25.6 Å². The van der Waals surface area contributed by atoms with Gasteiger partial charge >= 0.3 is 0 Å². The standard InChI is InChI=1S/C8H9NO3/c1-9-8(11)4-7(10)6-2-3-12-5-6/h2-3,5H,4H2,1H3,(H,9,11). The van der Waals surface area contributed by atoms with Gasteiger partial charge < -0.3 is 9.73 Å². The van der Waals surface area contributed by atoms with E-state index in [1.807, 2.05) is 0 Å². The molecule has 0 aliphatic rings. The van der Waals surface area contributed by atoms with E-state index >= 15 is 0 Å². The second-order valence-electron chi connectivity index (χ2n) is 2.29. The van der Waals surface area contributed by atoms with Crippen LogP contribution in [0.25, 0.3) is 0 Å². The van der Waals surface area contributed by atoms with Gasteiger partial charge in [-0.3, -0.25) is 9.59 Å². The molecule has 0 saturated heterocycles. The molecule has 0 aliphatic carbocycles. The molecule has 4 heteroatoms. The van der Waals surface area contributed by atoms with Crippen LogP contribution in [0.4, 0.5) is 0 Å². The third-order valence-electron chi connectivity index (χ3n) is 1.44. The van der Waals surface area contributed by atoms with Crippen LogP contribution >= 0.6 is 0 Å². The van der Waals surface area contributed by atoms with Crippen LogP contribution in [0.1, 0.15) is 16.8 Å². The van der Waals surface area contributed by atoms with Gasteiger partial charge in [0, 0.05) is 7.05 Å². The van der Waals surface area contributed by atoms with Crippen LogP contribution in [0.15, 0.2) is 23.0 Å². The predicted molar refractivity (Wildman–Crippen MR) is 41.7 cm³/mol. The zero-order valence-corrected chi connectivity index (χ0v) is 6.66. The molecule has 0 bridgehead atoms. The van der Waals surface area contributed by atoms with E-state index in [2.05, 4.69) is 5.32 Å². The third kappa shape index (κ3) is 1.95. The highest BCUT2D eigenvalue weighted by Crippen LogP contribution is 2.03. The second kappa shape index (κ2) is 3.71. The van der Waals surface area contributed by atoms with E-state index < -0.39 is 0 Å². The van der Waals surface area contributed by atoms with Crippen LogP contribution in [0.3, 0.4) is 0 Å². The smallest absolute Gasteiger partial charge is 0.227 e. The van der Waals surface area contributed by atoms with Crippen molar-refractivity contribution in [2.45, 2.75) is 6.42 Å². The number of carbonyl (C=O) groups excluding carboxylic acids is 2. The second-order valence-corrected chi connectivity index (χ2v) is 2.29. The SMILES string of the molecule is CNC(=O)CC(=O)c1ccoc1. The number of ketones is 1. The molecule has 1 heterocycles. The van der Waals surface area contributed by atoms with Crippen molar-refractivity contribution >= 4 is 11.7 Å². The largest absolute Gasteiger partial charge is 0.472 e. The van der Waals surface area contributed by atoms with Crippen molar-refractivity contribution in [2.24, 2.45) is 0 Å². The Labute approximate surface area is 69.6 Å². The maximum absolute atomic E-state index is 11.2. The summed E-state index contributed by atoms with van der Waals surface area (Å²) in [6.45, 7) is 0. The summed E-state index contributed by atoms with van der Waals surface area (Å²) in [7, 11) is 1.49. The van der Waals surface area contributed by atoms with Crippen molar-refractivity contribution < 1.29 is 14.0 Å². The van der Waals surface area contributed by atoms with Gasteiger partial charge in [0.1, 0.15) is 6.26 Å². The average molecular weight is 167 g/mol. The number of furan rings is 1. The Balaban J connectivity index is 2.56. The minimum Gasteiger partial charge on any atom is -0.472 e. The molecule has 0 unspecified atom stereocenters. The molecule has 0 spiro atoms. The van der Waals surface area contributed by atoms with Gasteiger partial charge in [-0.15, -0.1) is 0 Å². The molecule has 0 saturated carbocycles. The summed E-state index contributed by atoms with van der Waals surface area (Å²) >= 11 is 0. The lowest BCUT2D eigenvalue weighted by atomic mass is 10.1. The van der Waals surface area contributed by atoms with Crippen LogP contribution in [-0.2, 0) is 4.79 Å². The van der Waals surface area contributed by atoms with Gasteiger partial charge in [0.05, 0.1) is 18.2 Å². The van der Waals surface area contributed by atoms with Crippen LogP contribution < -0.4 is 5.32 Å². The minimum atomic E-state index is -0.291. The number of nitrogens with one attached hydrogen (secondary N) is 1. The molecule has 64 valence electrons. The number of Topliss-reactive ketones (excluding diaryl/α,β-unsaturated/α-hetero) is 1. The third-order valence-corrected chi connectivity index (χ3v) is 1.44. The van der Waals surface area contributed by atoms with Gasteiger partial charge in [-0.25, -0.2) is 0 Å². The van der Waals surface area contributed by atoms with E-state index in [4.69, 9.17) is 4.42 Å². The van der Waals surface area contributed by atoms with Crippen LogP contribution in [0.5, 0.6) is 0 Å². The monoisotopic (exact) mass is 167 g/mol. The first-order chi connectivity index (χ1) is 5.74. The molecule has 0 radical (unpaired) electrons. The van der Waals surface area contributed by atoms with Gasteiger partial charge in [0.2, 0.25) is 5.91 Å². The first kappa shape index (κ1) is 8.52. The number of amides is 1. The van der Waals surface area contributed by atoms with E-state index in [0.29, 0.717) is 5.56 Å². The fourth-order valence-corrected chi connectivity index (χ4v) is 0.759. The fraction of sp³-hybridized carbons (Fsp3) is 0.250. The molecule has 0 aliphatic heterocycles. The average Bonchev–Trinajstić information content (AvgIpc) is 2.56. The molecular weight excluding hydrogens is 158 g/mol. The molecule has 12 heavy (non-hydrogen) atoms. The first-order valence-corrected chi connectivity index (χ1v) is 3.50. The van der Waals surface area contributed by atoms with E-state index in [-0.39, 0.29) is 18.1 Å². The summed E-state index contributed by atoms with van der Waals surface area (Å²) in [5.74, 6) is -0.524. The van der Waals surface area contributed by atoms with Crippen molar-refractivity contribution in [3.63, 3.8) is 0 Å². The highest BCUT2D eigenvalue weighted by molar-refractivity contribution is 6.07. The van der Waals surface area contributed by atoms with Crippen LogP contribution in [-0.4, -0.2) is 18.7 Å².